The predicted molar refractivity (Wildman–Crippen MR) is 126 cm³/mol. The number of esters is 1. The number of rotatable bonds is 5. The van der Waals surface area contributed by atoms with Crippen LogP contribution in [0.2, 0.25) is 0 Å². The van der Waals surface area contributed by atoms with Crippen molar-refractivity contribution >= 4 is 55.5 Å². The Morgan fingerprint density at radius 1 is 1.09 bits per heavy atom. The Labute approximate surface area is 193 Å². The zero-order valence-corrected chi connectivity index (χ0v) is 19.7. The van der Waals surface area contributed by atoms with E-state index in [1.54, 1.807) is 29.3 Å². The Morgan fingerprint density at radius 2 is 1.84 bits per heavy atom. The third-order valence-corrected chi connectivity index (χ3v) is 7.41. The number of hydrogen-bond acceptors (Lipinski definition) is 6. The van der Waals surface area contributed by atoms with Gasteiger partial charge in [0.2, 0.25) is 5.91 Å². The SMILES string of the molecule is CC(=O)N(c1nc(COC(=O)c2sc3cccc(F)c3c2C)cs1)c1cccc(C)c1C. The molecule has 0 N–H and O–H groups in total. The highest BCUT2D eigenvalue weighted by atomic mass is 32.1. The zero-order chi connectivity index (χ0) is 23.0. The molecule has 0 unspecified atom stereocenters. The summed E-state index contributed by atoms with van der Waals surface area (Å²) < 4.78 is 20.3. The van der Waals surface area contributed by atoms with Crippen LogP contribution in [0.3, 0.4) is 0 Å². The fourth-order valence-corrected chi connectivity index (χ4v) is 5.48. The molecule has 2 aromatic carbocycles. The topological polar surface area (TPSA) is 59.5 Å². The minimum atomic E-state index is -0.518. The van der Waals surface area contributed by atoms with E-state index in [0.717, 1.165) is 16.8 Å². The number of benzene rings is 2. The van der Waals surface area contributed by atoms with Crippen LogP contribution < -0.4 is 4.90 Å². The summed E-state index contributed by atoms with van der Waals surface area (Å²) in [5.41, 5.74) is 3.97. The standard InChI is InChI=1S/C24H21FN2O3S2/c1-13-7-5-9-19(14(13)2)27(16(4)28)24-26-17(12-31-24)11-30-23(29)22-15(3)21-18(25)8-6-10-20(21)32-22/h5-10,12H,11H2,1-4H3. The van der Waals surface area contributed by atoms with E-state index in [-0.39, 0.29) is 18.3 Å². The van der Waals surface area contributed by atoms with Crippen LogP contribution in [0.5, 0.6) is 0 Å². The monoisotopic (exact) mass is 468 g/mol. The number of halogens is 1. The number of carbonyl (C=O) groups is 2. The number of aryl methyl sites for hydroxylation is 2. The molecule has 164 valence electrons. The van der Waals surface area contributed by atoms with E-state index in [0.29, 0.717) is 31.4 Å². The second-order valence-electron chi connectivity index (χ2n) is 7.44. The molecule has 0 aliphatic carbocycles. The Hall–Kier alpha value is -3.10. The second kappa shape index (κ2) is 8.80. The van der Waals surface area contributed by atoms with Crippen molar-refractivity contribution in [2.24, 2.45) is 0 Å². The van der Waals surface area contributed by atoms with Gasteiger partial charge in [-0.2, -0.15) is 0 Å². The number of thiophene rings is 1. The lowest BCUT2D eigenvalue weighted by molar-refractivity contribution is -0.115. The molecule has 8 heteroatoms. The van der Waals surface area contributed by atoms with Crippen molar-refractivity contribution in [2.75, 3.05) is 4.90 Å². The average molecular weight is 469 g/mol. The van der Waals surface area contributed by atoms with Crippen LogP contribution in [0, 0.1) is 26.6 Å². The van der Waals surface area contributed by atoms with Crippen molar-refractivity contribution in [1.82, 2.24) is 4.98 Å². The van der Waals surface area contributed by atoms with Crippen molar-refractivity contribution in [3.05, 3.63) is 74.9 Å². The molecule has 0 fully saturated rings. The summed E-state index contributed by atoms with van der Waals surface area (Å²) in [6.45, 7) is 7.13. The van der Waals surface area contributed by atoms with E-state index in [2.05, 4.69) is 4.98 Å². The van der Waals surface area contributed by atoms with Gasteiger partial charge in [-0.25, -0.2) is 14.2 Å². The third kappa shape index (κ3) is 4.03. The maximum absolute atomic E-state index is 14.1. The van der Waals surface area contributed by atoms with Crippen molar-refractivity contribution in [2.45, 2.75) is 34.3 Å². The van der Waals surface area contributed by atoms with Crippen molar-refractivity contribution < 1.29 is 18.7 Å². The van der Waals surface area contributed by atoms with Crippen LogP contribution >= 0.6 is 22.7 Å². The first kappa shape index (κ1) is 22.1. The Kier molecular flexibility index (Phi) is 6.08. The molecule has 1 amide bonds. The van der Waals surface area contributed by atoms with E-state index in [9.17, 15) is 14.0 Å². The van der Waals surface area contributed by atoms with Gasteiger partial charge in [0.25, 0.3) is 0 Å². The second-order valence-corrected chi connectivity index (χ2v) is 9.33. The Balaban J connectivity index is 1.54. The minimum Gasteiger partial charge on any atom is -0.455 e. The van der Waals surface area contributed by atoms with Crippen LogP contribution in [0.15, 0.2) is 41.8 Å². The molecular weight excluding hydrogens is 447 g/mol. The highest BCUT2D eigenvalue weighted by Crippen LogP contribution is 2.34. The van der Waals surface area contributed by atoms with E-state index < -0.39 is 5.97 Å². The number of ether oxygens (including phenoxy) is 1. The summed E-state index contributed by atoms with van der Waals surface area (Å²) >= 11 is 2.52. The van der Waals surface area contributed by atoms with Crippen LogP contribution in [-0.2, 0) is 16.1 Å². The lowest BCUT2D eigenvalue weighted by Crippen LogP contribution is -2.23. The molecule has 4 rings (SSSR count). The molecule has 0 bridgehead atoms. The molecular formula is C24H21FN2O3S2. The zero-order valence-electron chi connectivity index (χ0n) is 18.1. The largest absolute Gasteiger partial charge is 0.455 e. The lowest BCUT2D eigenvalue weighted by Gasteiger charge is -2.21. The molecule has 2 aromatic heterocycles. The minimum absolute atomic E-state index is 0.0377. The maximum atomic E-state index is 14.1. The van der Waals surface area contributed by atoms with Gasteiger partial charge in [0.1, 0.15) is 17.3 Å². The number of aromatic nitrogens is 1. The lowest BCUT2D eigenvalue weighted by atomic mass is 10.1. The summed E-state index contributed by atoms with van der Waals surface area (Å²) in [6, 6.07) is 10.6. The average Bonchev–Trinajstić information content (AvgIpc) is 3.35. The van der Waals surface area contributed by atoms with Gasteiger partial charge < -0.3 is 4.74 Å². The molecule has 0 saturated heterocycles. The highest BCUT2D eigenvalue weighted by Gasteiger charge is 2.22. The van der Waals surface area contributed by atoms with Gasteiger partial charge in [-0.3, -0.25) is 9.69 Å². The van der Waals surface area contributed by atoms with Crippen LogP contribution in [0.25, 0.3) is 10.1 Å². The van der Waals surface area contributed by atoms with Gasteiger partial charge in [0.15, 0.2) is 5.13 Å². The number of fused-ring (bicyclic) bond motifs is 1. The number of carbonyl (C=O) groups excluding carboxylic acids is 2. The molecule has 0 saturated carbocycles. The first-order valence-corrected chi connectivity index (χ1v) is 11.6. The van der Waals surface area contributed by atoms with E-state index in [1.165, 1.54) is 35.7 Å². The molecule has 0 radical (unpaired) electrons. The predicted octanol–water partition coefficient (Wildman–Crippen LogP) is 6.46. The fourth-order valence-electron chi connectivity index (χ4n) is 3.50. The van der Waals surface area contributed by atoms with E-state index in [4.69, 9.17) is 4.74 Å². The number of amides is 1. The smallest absolute Gasteiger partial charge is 0.349 e. The third-order valence-electron chi connectivity index (χ3n) is 5.30. The van der Waals surface area contributed by atoms with E-state index in [1.807, 2.05) is 32.0 Å². The Morgan fingerprint density at radius 3 is 2.56 bits per heavy atom. The Bertz CT molecular complexity index is 1340. The van der Waals surface area contributed by atoms with Crippen LogP contribution in [-0.4, -0.2) is 16.9 Å². The number of thiazole rings is 1. The first-order valence-electron chi connectivity index (χ1n) is 9.94. The van der Waals surface area contributed by atoms with Gasteiger partial charge in [0.05, 0.1) is 11.4 Å². The van der Waals surface area contributed by atoms with Gasteiger partial charge in [-0.1, -0.05) is 18.2 Å². The summed E-state index contributed by atoms with van der Waals surface area (Å²) in [5.74, 6) is -1.02. The van der Waals surface area contributed by atoms with Gasteiger partial charge in [0, 0.05) is 22.4 Å². The quantitative estimate of drug-likeness (QED) is 0.315. The molecule has 5 nitrogen and oxygen atoms in total. The van der Waals surface area contributed by atoms with Crippen molar-refractivity contribution in [3.8, 4) is 0 Å². The number of anilines is 2. The van der Waals surface area contributed by atoms with Gasteiger partial charge in [-0.05, 0) is 55.7 Å². The fraction of sp³-hybridized carbons (Fsp3) is 0.208. The summed E-state index contributed by atoms with van der Waals surface area (Å²) in [5, 5.41) is 2.73. The van der Waals surface area contributed by atoms with Crippen LogP contribution in [0.4, 0.5) is 15.2 Å². The molecule has 0 spiro atoms. The first-order chi connectivity index (χ1) is 15.3. The molecule has 0 aliphatic rings. The van der Waals surface area contributed by atoms with Crippen molar-refractivity contribution in [3.63, 3.8) is 0 Å². The summed E-state index contributed by atoms with van der Waals surface area (Å²) in [6.07, 6.45) is 0. The number of hydrogen-bond donors (Lipinski definition) is 0. The van der Waals surface area contributed by atoms with Crippen molar-refractivity contribution in [1.29, 1.82) is 0 Å². The molecule has 2 heterocycles. The van der Waals surface area contributed by atoms with Crippen LogP contribution in [0.1, 0.15) is 39.0 Å². The number of nitrogens with zero attached hydrogens (tertiary/aromatic N) is 2. The molecule has 0 aliphatic heterocycles. The van der Waals surface area contributed by atoms with E-state index >= 15 is 0 Å². The maximum Gasteiger partial charge on any atom is 0.349 e. The summed E-state index contributed by atoms with van der Waals surface area (Å²) in [4.78, 5) is 31.5. The normalized spacial score (nSPS) is 11.0. The molecule has 4 aromatic rings. The van der Waals surface area contributed by atoms with Gasteiger partial charge >= 0.3 is 5.97 Å². The highest BCUT2D eigenvalue weighted by molar-refractivity contribution is 7.21. The molecule has 32 heavy (non-hydrogen) atoms. The summed E-state index contributed by atoms with van der Waals surface area (Å²) in [7, 11) is 0. The molecule has 0 atom stereocenters. The van der Waals surface area contributed by atoms with Gasteiger partial charge in [-0.15, -0.1) is 22.7 Å².